The summed E-state index contributed by atoms with van der Waals surface area (Å²) in [6, 6.07) is -2.26. The van der Waals surface area contributed by atoms with E-state index in [-0.39, 0.29) is 5.75 Å². The number of rotatable bonds is 15. The molecule has 8 heteroatoms. The van der Waals surface area contributed by atoms with Gasteiger partial charge in [0.05, 0.1) is 6.61 Å². The van der Waals surface area contributed by atoms with E-state index >= 15 is 0 Å². The van der Waals surface area contributed by atoms with E-state index in [0.29, 0.717) is 5.75 Å². The Morgan fingerprint density at radius 2 is 1.45 bits per heavy atom. The zero-order valence-corrected chi connectivity index (χ0v) is 20.2. The first kappa shape index (κ1) is 28.9. The van der Waals surface area contributed by atoms with Gasteiger partial charge in [-0.05, 0) is 53.4 Å². The third-order valence-electron chi connectivity index (χ3n) is 4.45. The molecule has 0 radical (unpaired) electrons. The van der Waals surface area contributed by atoms with Crippen molar-refractivity contribution in [2.45, 2.75) is 72.4 Å². The predicted octanol–water partition coefficient (Wildman–Crippen LogP) is 3.21. The van der Waals surface area contributed by atoms with Gasteiger partial charge in [-0.2, -0.15) is 11.8 Å². The van der Waals surface area contributed by atoms with Crippen LogP contribution in [0.3, 0.4) is 0 Å². The number of hydrogen-bond acceptors (Lipinski definition) is 5. The minimum atomic E-state index is -1.16. The molecule has 4 N–H and O–H groups in total. The zero-order valence-electron chi connectivity index (χ0n) is 19.4. The van der Waals surface area contributed by atoms with Gasteiger partial charge >= 0.3 is 5.97 Å². The molecule has 0 aromatic rings. The van der Waals surface area contributed by atoms with Crippen molar-refractivity contribution in [1.82, 2.24) is 10.6 Å². The van der Waals surface area contributed by atoms with Crippen LogP contribution < -0.4 is 10.6 Å². The maximum absolute atomic E-state index is 12.1. The quantitative estimate of drug-likeness (QED) is 0.223. The molecular weight excluding hydrogens is 416 g/mol. The highest BCUT2D eigenvalue weighted by Crippen LogP contribution is 2.13. The van der Waals surface area contributed by atoms with Crippen LogP contribution in [0, 0.1) is 0 Å². The van der Waals surface area contributed by atoms with Gasteiger partial charge in [-0.1, -0.05) is 34.9 Å². The van der Waals surface area contributed by atoms with Gasteiger partial charge in [0.25, 0.3) is 0 Å². The maximum atomic E-state index is 12.1. The van der Waals surface area contributed by atoms with Crippen molar-refractivity contribution in [1.29, 1.82) is 0 Å². The summed E-state index contributed by atoms with van der Waals surface area (Å²) >= 11 is 1.40. The summed E-state index contributed by atoms with van der Waals surface area (Å²) in [4.78, 5) is 34.5. The Bertz CT molecular complexity index is 681. The number of thioether (sulfide) groups is 1. The van der Waals surface area contributed by atoms with Crippen LogP contribution in [0.1, 0.15) is 60.3 Å². The van der Waals surface area contributed by atoms with Crippen LogP contribution in [-0.2, 0) is 14.4 Å². The predicted molar refractivity (Wildman–Crippen MR) is 127 cm³/mol. The van der Waals surface area contributed by atoms with Crippen LogP contribution in [-0.4, -0.2) is 58.2 Å². The number of nitrogens with one attached hydrogen (secondary N) is 2. The Morgan fingerprint density at radius 1 is 0.871 bits per heavy atom. The standard InChI is InChI=1S/C23H38N2O5S/c1-16(2)8-6-9-17(3)10-7-11-18(4)12-13-31-15-21(23(29)30)25-22(28)20(14-26)24-19(5)27/h8,10,12,20-21,26H,6-7,9,11,13-15H2,1-5H3,(H,24,27)(H,25,28)(H,29,30). The fraction of sp³-hybridized carbons (Fsp3) is 0.609. The summed E-state index contributed by atoms with van der Waals surface area (Å²) in [5.41, 5.74) is 3.97. The summed E-state index contributed by atoms with van der Waals surface area (Å²) in [6.45, 7) is 9.04. The Labute approximate surface area is 190 Å². The average molecular weight is 455 g/mol. The van der Waals surface area contributed by atoms with E-state index in [2.05, 4.69) is 56.6 Å². The number of carboxylic acids is 1. The molecule has 0 aliphatic carbocycles. The first-order chi connectivity index (χ1) is 14.6. The largest absolute Gasteiger partial charge is 0.480 e. The van der Waals surface area contributed by atoms with Crippen LogP contribution in [0.2, 0.25) is 0 Å². The highest BCUT2D eigenvalue weighted by molar-refractivity contribution is 7.99. The SMILES string of the molecule is CC(=O)NC(CO)C(=O)NC(CSCC=C(C)CCC=C(C)CCC=C(C)C)C(=O)O. The molecule has 7 nitrogen and oxygen atoms in total. The first-order valence-electron chi connectivity index (χ1n) is 10.5. The molecule has 0 aromatic carbocycles. The molecule has 31 heavy (non-hydrogen) atoms. The molecule has 2 atom stereocenters. The van der Waals surface area contributed by atoms with E-state index < -0.39 is 36.5 Å². The molecule has 0 aliphatic rings. The Kier molecular flexibility index (Phi) is 15.5. The summed E-state index contributed by atoms with van der Waals surface area (Å²) in [5, 5.41) is 23.2. The van der Waals surface area contributed by atoms with Crippen molar-refractivity contribution in [3.63, 3.8) is 0 Å². The number of aliphatic hydroxyl groups is 1. The van der Waals surface area contributed by atoms with Crippen LogP contribution >= 0.6 is 11.8 Å². The third-order valence-corrected chi connectivity index (χ3v) is 5.42. The summed E-state index contributed by atoms with van der Waals surface area (Å²) in [5.74, 6) is -1.52. The molecular formula is C23H38N2O5S. The number of carbonyl (C=O) groups is 3. The molecule has 0 saturated carbocycles. The van der Waals surface area contributed by atoms with Gasteiger partial charge in [-0.3, -0.25) is 9.59 Å². The fourth-order valence-corrected chi connectivity index (χ4v) is 3.61. The number of carbonyl (C=O) groups excluding carboxylic acids is 2. The van der Waals surface area contributed by atoms with Crippen LogP contribution in [0.5, 0.6) is 0 Å². The summed E-state index contributed by atoms with van der Waals surface area (Å²) in [6.07, 6.45) is 10.7. The Balaban J connectivity index is 4.40. The summed E-state index contributed by atoms with van der Waals surface area (Å²) < 4.78 is 0. The Hall–Kier alpha value is -2.06. The molecule has 2 unspecified atom stereocenters. The van der Waals surface area contributed by atoms with Crippen molar-refractivity contribution < 1.29 is 24.6 Å². The van der Waals surface area contributed by atoms with Crippen molar-refractivity contribution in [2.75, 3.05) is 18.1 Å². The minimum Gasteiger partial charge on any atom is -0.480 e. The van der Waals surface area contributed by atoms with Crippen molar-refractivity contribution in [3.8, 4) is 0 Å². The Morgan fingerprint density at radius 3 is 1.97 bits per heavy atom. The average Bonchev–Trinajstić information content (AvgIpc) is 2.67. The van der Waals surface area contributed by atoms with E-state index in [1.54, 1.807) is 0 Å². The van der Waals surface area contributed by atoms with E-state index in [0.717, 1.165) is 25.7 Å². The first-order valence-corrected chi connectivity index (χ1v) is 11.7. The molecule has 0 fully saturated rings. The number of carboxylic acid groups (broad SMARTS) is 1. The van der Waals surface area contributed by atoms with Gasteiger partial charge < -0.3 is 20.8 Å². The van der Waals surface area contributed by atoms with E-state index in [1.165, 1.54) is 35.4 Å². The lowest BCUT2D eigenvalue weighted by Gasteiger charge is -2.19. The second-order valence-electron chi connectivity index (χ2n) is 7.83. The van der Waals surface area contributed by atoms with E-state index in [4.69, 9.17) is 0 Å². The molecule has 2 amide bonds. The van der Waals surface area contributed by atoms with Crippen LogP contribution in [0.25, 0.3) is 0 Å². The lowest BCUT2D eigenvalue weighted by Crippen LogP contribution is -2.53. The topological polar surface area (TPSA) is 116 Å². The molecule has 0 aromatic heterocycles. The van der Waals surface area contributed by atoms with Gasteiger partial charge in [-0.15, -0.1) is 0 Å². The van der Waals surface area contributed by atoms with Gasteiger partial charge in [0, 0.05) is 18.4 Å². The second kappa shape index (κ2) is 16.6. The van der Waals surface area contributed by atoms with Gasteiger partial charge in [-0.25, -0.2) is 4.79 Å². The normalized spacial score (nSPS) is 13.9. The highest BCUT2D eigenvalue weighted by Gasteiger charge is 2.25. The maximum Gasteiger partial charge on any atom is 0.327 e. The molecule has 0 aliphatic heterocycles. The molecule has 0 saturated heterocycles. The number of hydrogen-bond donors (Lipinski definition) is 4. The zero-order chi connectivity index (χ0) is 23.8. The lowest BCUT2D eigenvalue weighted by atomic mass is 10.1. The van der Waals surface area contributed by atoms with Gasteiger partial charge in [0.1, 0.15) is 12.1 Å². The monoisotopic (exact) mass is 454 g/mol. The fourth-order valence-electron chi connectivity index (χ4n) is 2.61. The van der Waals surface area contributed by atoms with Gasteiger partial charge in [0.15, 0.2) is 0 Å². The number of allylic oxidation sites excluding steroid dienone is 5. The smallest absolute Gasteiger partial charge is 0.327 e. The van der Waals surface area contributed by atoms with Crippen LogP contribution in [0.4, 0.5) is 0 Å². The lowest BCUT2D eigenvalue weighted by molar-refractivity contribution is -0.141. The summed E-state index contributed by atoms with van der Waals surface area (Å²) in [7, 11) is 0. The highest BCUT2D eigenvalue weighted by atomic mass is 32.2. The van der Waals surface area contributed by atoms with Crippen molar-refractivity contribution in [2.24, 2.45) is 0 Å². The minimum absolute atomic E-state index is 0.187. The number of aliphatic hydroxyl groups excluding tert-OH is 1. The molecule has 176 valence electrons. The van der Waals surface area contributed by atoms with Crippen molar-refractivity contribution >= 4 is 29.5 Å². The van der Waals surface area contributed by atoms with E-state index in [1.807, 2.05) is 0 Å². The van der Waals surface area contributed by atoms with Crippen LogP contribution in [0.15, 0.2) is 34.9 Å². The molecule has 0 bridgehead atoms. The van der Waals surface area contributed by atoms with Crippen molar-refractivity contribution in [3.05, 3.63) is 34.9 Å². The molecule has 0 spiro atoms. The molecule has 0 rings (SSSR count). The third kappa shape index (κ3) is 15.4. The molecule has 0 heterocycles. The van der Waals surface area contributed by atoms with E-state index in [9.17, 15) is 24.6 Å². The van der Waals surface area contributed by atoms with Gasteiger partial charge in [0.2, 0.25) is 11.8 Å². The number of amides is 2. The second-order valence-corrected chi connectivity index (χ2v) is 8.91. The number of aliphatic carboxylic acids is 1.